The van der Waals surface area contributed by atoms with Crippen molar-refractivity contribution in [1.29, 1.82) is 0 Å². The first-order valence-corrected chi connectivity index (χ1v) is 7.87. The lowest BCUT2D eigenvalue weighted by Crippen LogP contribution is -2.30. The minimum Gasteiger partial charge on any atom is -0.356 e. The maximum absolute atomic E-state index is 5.62. The summed E-state index contributed by atoms with van der Waals surface area (Å²) in [5.41, 5.74) is 3.92. The predicted molar refractivity (Wildman–Crippen MR) is 81.5 cm³/mol. The van der Waals surface area contributed by atoms with Gasteiger partial charge in [-0.1, -0.05) is 13.3 Å². The largest absolute Gasteiger partial charge is 0.356 e. The van der Waals surface area contributed by atoms with E-state index in [0.717, 1.165) is 49.4 Å². The fourth-order valence-corrected chi connectivity index (χ4v) is 2.75. The fourth-order valence-electron chi connectivity index (χ4n) is 2.75. The summed E-state index contributed by atoms with van der Waals surface area (Å²) in [5, 5.41) is 0. The van der Waals surface area contributed by atoms with Crippen molar-refractivity contribution in [2.45, 2.75) is 45.4 Å². The zero-order valence-electron chi connectivity index (χ0n) is 12.3. The van der Waals surface area contributed by atoms with E-state index in [1.807, 2.05) is 0 Å². The van der Waals surface area contributed by atoms with Crippen LogP contribution in [0.1, 0.15) is 44.6 Å². The van der Waals surface area contributed by atoms with Gasteiger partial charge in [-0.2, -0.15) is 0 Å². The van der Waals surface area contributed by atoms with Gasteiger partial charge >= 0.3 is 0 Å². The van der Waals surface area contributed by atoms with Crippen molar-refractivity contribution in [2.75, 3.05) is 23.4 Å². The average Bonchev–Trinajstić information content (AvgIpc) is 3.34. The lowest BCUT2D eigenvalue weighted by atomic mass is 10.1. The molecule has 0 aliphatic heterocycles. The molecule has 1 aromatic rings. The van der Waals surface area contributed by atoms with Crippen LogP contribution < -0.4 is 16.2 Å². The summed E-state index contributed by atoms with van der Waals surface area (Å²) in [6, 6.07) is 0. The molecule has 2 saturated carbocycles. The first-order valence-electron chi connectivity index (χ1n) is 7.87. The van der Waals surface area contributed by atoms with Crippen LogP contribution in [0.2, 0.25) is 0 Å². The predicted octanol–water partition coefficient (Wildman–Crippen LogP) is 2.34. The van der Waals surface area contributed by atoms with Crippen molar-refractivity contribution in [3.05, 3.63) is 11.9 Å². The van der Waals surface area contributed by atoms with Gasteiger partial charge in [0.05, 0.1) is 0 Å². The molecule has 1 heterocycles. The van der Waals surface area contributed by atoms with E-state index in [1.165, 1.54) is 31.2 Å². The molecule has 3 N–H and O–H groups in total. The van der Waals surface area contributed by atoms with Crippen LogP contribution in [0, 0.1) is 11.8 Å². The molecular weight excluding hydrogens is 250 g/mol. The van der Waals surface area contributed by atoms with E-state index in [2.05, 4.69) is 27.2 Å². The first kappa shape index (κ1) is 13.6. The lowest BCUT2D eigenvalue weighted by Gasteiger charge is -2.26. The van der Waals surface area contributed by atoms with Gasteiger partial charge in [0.15, 0.2) is 0 Å². The molecule has 110 valence electrons. The normalized spacial score (nSPS) is 18.1. The number of nitrogens with one attached hydrogen (secondary N) is 1. The third-order valence-corrected chi connectivity index (χ3v) is 4.21. The zero-order chi connectivity index (χ0) is 13.9. The minimum atomic E-state index is 0.786. The molecule has 0 aromatic carbocycles. The summed E-state index contributed by atoms with van der Waals surface area (Å²) >= 11 is 0. The van der Waals surface area contributed by atoms with E-state index < -0.39 is 0 Å². The summed E-state index contributed by atoms with van der Waals surface area (Å²) in [6.07, 6.45) is 9.18. The Morgan fingerprint density at radius 1 is 1.20 bits per heavy atom. The summed E-state index contributed by atoms with van der Waals surface area (Å²) in [4.78, 5) is 11.4. The zero-order valence-corrected chi connectivity index (χ0v) is 12.3. The SMILES string of the molecule is CCCc1c(NN)ncnc1N(CC1CC1)CC1CC1. The van der Waals surface area contributed by atoms with Gasteiger partial charge in [-0.3, -0.25) is 0 Å². The molecule has 0 saturated heterocycles. The maximum atomic E-state index is 5.62. The van der Waals surface area contributed by atoms with Gasteiger partial charge in [0.2, 0.25) is 0 Å². The molecular formula is C15H25N5. The quantitative estimate of drug-likeness (QED) is 0.563. The molecule has 2 aliphatic carbocycles. The standard InChI is InChI=1S/C15H25N5/c1-2-3-13-14(19-16)17-10-18-15(13)20(8-11-4-5-11)9-12-6-7-12/h10-12H,2-9,16H2,1H3,(H,17,18,19). The van der Waals surface area contributed by atoms with E-state index in [9.17, 15) is 0 Å². The number of rotatable bonds is 8. The second-order valence-corrected chi connectivity index (χ2v) is 6.21. The molecule has 1 aromatic heterocycles. The molecule has 0 radical (unpaired) electrons. The lowest BCUT2D eigenvalue weighted by molar-refractivity contribution is 0.665. The summed E-state index contributed by atoms with van der Waals surface area (Å²) < 4.78 is 0. The molecule has 20 heavy (non-hydrogen) atoms. The van der Waals surface area contributed by atoms with Crippen molar-refractivity contribution >= 4 is 11.6 Å². The Labute approximate surface area is 120 Å². The molecule has 0 amide bonds. The van der Waals surface area contributed by atoms with Gasteiger partial charge in [-0.15, -0.1) is 0 Å². The third-order valence-electron chi connectivity index (χ3n) is 4.21. The number of nitrogens with zero attached hydrogens (tertiary/aromatic N) is 3. The third kappa shape index (κ3) is 3.20. The van der Waals surface area contributed by atoms with Crippen LogP contribution in [0.5, 0.6) is 0 Å². The van der Waals surface area contributed by atoms with Gasteiger partial charge in [0.1, 0.15) is 18.0 Å². The van der Waals surface area contributed by atoms with Crippen molar-refractivity contribution < 1.29 is 0 Å². The Morgan fingerprint density at radius 3 is 2.35 bits per heavy atom. The first-order chi connectivity index (χ1) is 9.81. The van der Waals surface area contributed by atoms with Gasteiger partial charge in [0, 0.05) is 18.7 Å². The Balaban J connectivity index is 1.86. The van der Waals surface area contributed by atoms with Crippen LogP contribution in [0.25, 0.3) is 0 Å². The van der Waals surface area contributed by atoms with Gasteiger partial charge < -0.3 is 10.3 Å². The van der Waals surface area contributed by atoms with Crippen molar-refractivity contribution in [1.82, 2.24) is 9.97 Å². The number of hydrogen-bond acceptors (Lipinski definition) is 5. The molecule has 0 bridgehead atoms. The van der Waals surface area contributed by atoms with Crippen molar-refractivity contribution in [2.24, 2.45) is 17.7 Å². The van der Waals surface area contributed by atoms with Crippen molar-refractivity contribution in [3.8, 4) is 0 Å². The number of nitrogen functional groups attached to an aromatic ring is 1. The molecule has 5 nitrogen and oxygen atoms in total. The monoisotopic (exact) mass is 275 g/mol. The highest BCUT2D eigenvalue weighted by atomic mass is 15.3. The molecule has 2 fully saturated rings. The van der Waals surface area contributed by atoms with Gasteiger partial charge in [-0.25, -0.2) is 15.8 Å². The second kappa shape index (κ2) is 5.95. The van der Waals surface area contributed by atoms with E-state index in [4.69, 9.17) is 5.84 Å². The Kier molecular flexibility index (Phi) is 4.05. The number of aromatic nitrogens is 2. The van der Waals surface area contributed by atoms with Crippen molar-refractivity contribution in [3.63, 3.8) is 0 Å². The molecule has 5 heteroatoms. The summed E-state index contributed by atoms with van der Waals surface area (Å²) in [5.74, 6) is 9.25. The molecule has 2 aliphatic rings. The molecule has 0 unspecified atom stereocenters. The summed E-state index contributed by atoms with van der Waals surface area (Å²) in [6.45, 7) is 4.48. The highest BCUT2D eigenvalue weighted by Crippen LogP contribution is 2.36. The number of anilines is 2. The van der Waals surface area contributed by atoms with Crippen LogP contribution in [0.15, 0.2) is 6.33 Å². The number of hydrazine groups is 1. The van der Waals surface area contributed by atoms with Crippen LogP contribution in [0.3, 0.4) is 0 Å². The Bertz CT molecular complexity index is 440. The van der Waals surface area contributed by atoms with E-state index in [1.54, 1.807) is 6.33 Å². The topological polar surface area (TPSA) is 67.1 Å². The average molecular weight is 275 g/mol. The highest BCUT2D eigenvalue weighted by Gasteiger charge is 2.31. The van der Waals surface area contributed by atoms with Crippen LogP contribution in [-0.4, -0.2) is 23.1 Å². The minimum absolute atomic E-state index is 0.786. The summed E-state index contributed by atoms with van der Waals surface area (Å²) in [7, 11) is 0. The van der Waals surface area contributed by atoms with Crippen LogP contribution in [0.4, 0.5) is 11.6 Å². The van der Waals surface area contributed by atoms with E-state index in [-0.39, 0.29) is 0 Å². The highest BCUT2D eigenvalue weighted by molar-refractivity contribution is 5.58. The van der Waals surface area contributed by atoms with Crippen LogP contribution >= 0.6 is 0 Å². The van der Waals surface area contributed by atoms with Gasteiger partial charge in [0.25, 0.3) is 0 Å². The molecule has 0 atom stereocenters. The Hall–Kier alpha value is -1.36. The van der Waals surface area contributed by atoms with Gasteiger partial charge in [-0.05, 0) is 43.9 Å². The fraction of sp³-hybridized carbons (Fsp3) is 0.733. The number of nitrogens with two attached hydrogens (primary N) is 1. The molecule has 3 rings (SSSR count). The smallest absolute Gasteiger partial charge is 0.148 e. The van der Waals surface area contributed by atoms with E-state index in [0.29, 0.717) is 0 Å². The maximum Gasteiger partial charge on any atom is 0.148 e. The molecule has 0 spiro atoms. The van der Waals surface area contributed by atoms with Crippen LogP contribution in [-0.2, 0) is 6.42 Å². The number of hydrogen-bond donors (Lipinski definition) is 2. The Morgan fingerprint density at radius 2 is 1.85 bits per heavy atom. The van der Waals surface area contributed by atoms with E-state index >= 15 is 0 Å². The second-order valence-electron chi connectivity index (χ2n) is 6.21.